The van der Waals surface area contributed by atoms with Crippen molar-refractivity contribution in [1.29, 1.82) is 0 Å². The van der Waals surface area contributed by atoms with E-state index in [0.717, 1.165) is 13.0 Å². The largest absolute Gasteiger partial charge is 1.00 e. The SMILES string of the molecule is COC[CH](OC)[Zr+3][C]1=CC=CC1.[Cl-].[Cl-].[Cl-]. The first kappa shape index (κ1) is 21.4. The van der Waals surface area contributed by atoms with Gasteiger partial charge < -0.3 is 37.2 Å². The first-order valence-corrected chi connectivity index (χ1v) is 6.65. The first-order valence-electron chi connectivity index (χ1n) is 4.00. The predicted octanol–water partition coefficient (Wildman–Crippen LogP) is -7.46. The Labute approximate surface area is 122 Å². The van der Waals surface area contributed by atoms with Crippen LogP contribution >= 0.6 is 0 Å². The van der Waals surface area contributed by atoms with Gasteiger partial charge in [-0.25, -0.2) is 0 Å². The Morgan fingerprint density at radius 2 is 2.00 bits per heavy atom. The molecule has 0 heterocycles. The normalized spacial score (nSPS) is 13.9. The molecule has 0 aliphatic heterocycles. The van der Waals surface area contributed by atoms with Gasteiger partial charge in [0.05, 0.1) is 0 Å². The van der Waals surface area contributed by atoms with Gasteiger partial charge in [-0.1, -0.05) is 0 Å². The van der Waals surface area contributed by atoms with E-state index < -0.39 is 23.2 Å². The Bertz CT molecular complexity index is 198. The van der Waals surface area contributed by atoms with Crippen molar-refractivity contribution >= 4 is 0 Å². The van der Waals surface area contributed by atoms with Crippen molar-refractivity contribution < 1.29 is 69.9 Å². The van der Waals surface area contributed by atoms with Crippen LogP contribution in [0.5, 0.6) is 0 Å². The average Bonchev–Trinajstić information content (AvgIpc) is 2.56. The Kier molecular flexibility index (Phi) is 18.9. The van der Waals surface area contributed by atoms with Crippen molar-refractivity contribution in [3.63, 3.8) is 0 Å². The summed E-state index contributed by atoms with van der Waals surface area (Å²) in [5, 5.41) is 0. The van der Waals surface area contributed by atoms with E-state index >= 15 is 0 Å². The van der Waals surface area contributed by atoms with Crippen LogP contribution in [0.15, 0.2) is 21.5 Å². The molecule has 1 atom stereocenters. The van der Waals surface area contributed by atoms with E-state index in [4.69, 9.17) is 9.47 Å². The molecule has 0 bridgehead atoms. The Hall–Kier alpha value is 1.15. The first-order chi connectivity index (χ1) is 5.86. The summed E-state index contributed by atoms with van der Waals surface area (Å²) in [7, 11) is 3.50. The zero-order chi connectivity index (χ0) is 8.81. The van der Waals surface area contributed by atoms with Gasteiger partial charge in [0.25, 0.3) is 0 Å². The molecule has 0 saturated heterocycles. The third-order valence-corrected chi connectivity index (χ3v) is 5.32. The van der Waals surface area contributed by atoms with Gasteiger partial charge in [0.15, 0.2) is 0 Å². The smallest absolute Gasteiger partial charge is 1.00 e. The minimum absolute atomic E-state index is 0. The van der Waals surface area contributed by atoms with Gasteiger partial charge in [0.2, 0.25) is 0 Å². The predicted molar refractivity (Wildman–Crippen MR) is 44.5 cm³/mol. The number of allylic oxidation sites excluding steroid dienone is 4. The third-order valence-electron chi connectivity index (χ3n) is 1.72. The molecule has 1 aliphatic rings. The zero-order valence-electron chi connectivity index (χ0n) is 8.67. The molecule has 0 N–H and O–H groups in total. The number of rotatable bonds is 5. The maximum atomic E-state index is 5.33. The van der Waals surface area contributed by atoms with Crippen LogP contribution in [0.25, 0.3) is 0 Å². The molecule has 1 rings (SSSR count). The minimum atomic E-state index is -0.536. The number of methoxy groups -OCH3 is 2. The molecule has 0 saturated carbocycles. The van der Waals surface area contributed by atoms with Crippen LogP contribution in [0.3, 0.4) is 0 Å². The van der Waals surface area contributed by atoms with Crippen LogP contribution in [0.4, 0.5) is 0 Å². The summed E-state index contributed by atoms with van der Waals surface area (Å²) in [5.74, 6) is 0. The fourth-order valence-electron chi connectivity index (χ4n) is 1.08. The molecular formula is C9H14Cl3O2Zr. The molecule has 1 unspecified atom stereocenters. The summed E-state index contributed by atoms with van der Waals surface area (Å²) in [5.41, 5.74) is 0. The molecule has 0 aromatic rings. The van der Waals surface area contributed by atoms with Gasteiger partial charge >= 0.3 is 85.3 Å². The molecule has 6 heteroatoms. The summed E-state index contributed by atoms with van der Waals surface area (Å²) < 4.78 is 12.4. The molecule has 15 heavy (non-hydrogen) atoms. The van der Waals surface area contributed by atoms with Gasteiger partial charge in [-0.3, -0.25) is 0 Å². The third kappa shape index (κ3) is 8.91. The quantitative estimate of drug-likeness (QED) is 0.490. The second-order valence-electron chi connectivity index (χ2n) is 2.65. The molecule has 0 amide bonds. The van der Waals surface area contributed by atoms with Crippen LogP contribution < -0.4 is 37.2 Å². The Morgan fingerprint density at radius 3 is 2.40 bits per heavy atom. The second kappa shape index (κ2) is 13.2. The van der Waals surface area contributed by atoms with Gasteiger partial charge in [-0.15, -0.1) is 0 Å². The van der Waals surface area contributed by atoms with Gasteiger partial charge in [-0.05, 0) is 0 Å². The standard InChI is InChI=1S/C5H5.C4H9O2.3ClH.Zr/c1-2-4-5-3-1;1-5-3-4-6-2;;;;/h1-3H,4H2;3H,4H2,1-2H3;3*1H;/q;;;;;+3/p-3. The van der Waals surface area contributed by atoms with Crippen molar-refractivity contribution in [3.8, 4) is 0 Å². The van der Waals surface area contributed by atoms with Crippen molar-refractivity contribution in [2.24, 2.45) is 0 Å². The number of halogens is 3. The summed E-state index contributed by atoms with van der Waals surface area (Å²) in [6.45, 7) is 0.750. The van der Waals surface area contributed by atoms with Gasteiger partial charge in [0.1, 0.15) is 0 Å². The number of hydrogen-bond donors (Lipinski definition) is 0. The molecule has 0 radical (unpaired) electrons. The van der Waals surface area contributed by atoms with Crippen molar-refractivity contribution in [2.75, 3.05) is 20.8 Å². The summed E-state index contributed by atoms with van der Waals surface area (Å²) >= 11 is -0.536. The monoisotopic (exact) mass is 349 g/mol. The fraction of sp³-hybridized carbons (Fsp3) is 0.556. The van der Waals surface area contributed by atoms with Crippen molar-refractivity contribution in [1.82, 2.24) is 0 Å². The van der Waals surface area contributed by atoms with Gasteiger partial charge in [-0.2, -0.15) is 0 Å². The molecule has 2 nitrogen and oxygen atoms in total. The fourth-order valence-corrected chi connectivity index (χ4v) is 4.05. The van der Waals surface area contributed by atoms with Crippen LogP contribution in [0, 0.1) is 0 Å². The molecule has 0 aromatic carbocycles. The summed E-state index contributed by atoms with van der Waals surface area (Å²) in [6.07, 6.45) is 7.72. The van der Waals surface area contributed by atoms with Crippen LogP contribution in [-0.4, -0.2) is 24.6 Å². The number of hydrogen-bond acceptors (Lipinski definition) is 2. The molecule has 0 aromatic heterocycles. The Morgan fingerprint density at radius 1 is 1.33 bits per heavy atom. The Balaban J connectivity index is -0.000000480. The number of ether oxygens (including phenoxy) is 2. The molecule has 87 valence electrons. The molecule has 0 spiro atoms. The van der Waals surface area contributed by atoms with Gasteiger partial charge in [0, 0.05) is 0 Å². The topological polar surface area (TPSA) is 18.5 Å². The average molecular weight is 352 g/mol. The maximum absolute atomic E-state index is 5.33. The van der Waals surface area contributed by atoms with E-state index in [0.29, 0.717) is 3.81 Å². The van der Waals surface area contributed by atoms with E-state index in [1.165, 1.54) is 0 Å². The van der Waals surface area contributed by atoms with Crippen molar-refractivity contribution in [2.45, 2.75) is 10.2 Å². The maximum Gasteiger partial charge on any atom is -1.00 e. The van der Waals surface area contributed by atoms with E-state index in [1.807, 2.05) is 0 Å². The van der Waals surface area contributed by atoms with Crippen LogP contribution in [0.2, 0.25) is 0 Å². The second-order valence-corrected chi connectivity index (χ2v) is 6.52. The van der Waals surface area contributed by atoms with E-state index in [1.54, 1.807) is 17.5 Å². The van der Waals surface area contributed by atoms with E-state index in [-0.39, 0.29) is 37.2 Å². The van der Waals surface area contributed by atoms with Crippen molar-refractivity contribution in [3.05, 3.63) is 21.5 Å². The molecular weight excluding hydrogens is 338 g/mol. The molecule has 1 aliphatic carbocycles. The van der Waals surface area contributed by atoms with E-state index in [9.17, 15) is 0 Å². The molecule has 0 fully saturated rings. The zero-order valence-corrected chi connectivity index (χ0v) is 13.4. The van der Waals surface area contributed by atoms with E-state index in [2.05, 4.69) is 18.2 Å². The summed E-state index contributed by atoms with van der Waals surface area (Å²) in [6, 6.07) is 0. The summed E-state index contributed by atoms with van der Waals surface area (Å²) in [4.78, 5) is 0. The van der Waals surface area contributed by atoms with Crippen LogP contribution in [-0.2, 0) is 32.7 Å². The van der Waals surface area contributed by atoms with Crippen LogP contribution in [0.1, 0.15) is 6.42 Å². The minimum Gasteiger partial charge on any atom is -1.00 e.